The van der Waals surface area contributed by atoms with Gasteiger partial charge in [-0.2, -0.15) is 4.39 Å². The fourth-order valence-electron chi connectivity index (χ4n) is 1.86. The van der Waals surface area contributed by atoms with Gasteiger partial charge in [-0.15, -0.1) is 6.42 Å². The maximum atomic E-state index is 13.5. The van der Waals surface area contributed by atoms with Crippen molar-refractivity contribution in [2.75, 3.05) is 5.73 Å². The Balaban J connectivity index is 0.000000771. The molecule has 1 heterocycles. The van der Waals surface area contributed by atoms with E-state index in [0.29, 0.717) is 5.69 Å². The van der Waals surface area contributed by atoms with Crippen LogP contribution in [-0.4, -0.2) is 4.98 Å². The quantitative estimate of drug-likeness (QED) is 0.473. The predicted molar refractivity (Wildman–Crippen MR) is 74.8 cm³/mol. The maximum Gasteiger partial charge on any atom is 0.229 e. The summed E-state index contributed by atoms with van der Waals surface area (Å²) in [6, 6.07) is 3.57. The number of halogens is 1. The molecule has 2 N–H and O–H groups in total. The average molecular weight is 244 g/mol. The van der Waals surface area contributed by atoms with E-state index in [0.717, 1.165) is 22.8 Å². The van der Waals surface area contributed by atoms with Gasteiger partial charge in [0.2, 0.25) is 5.95 Å². The van der Waals surface area contributed by atoms with Crippen molar-refractivity contribution in [3.8, 4) is 12.3 Å². The zero-order valence-electron chi connectivity index (χ0n) is 10.9. The van der Waals surface area contributed by atoms with Crippen molar-refractivity contribution in [1.82, 2.24) is 4.98 Å². The Labute approximate surface area is 107 Å². The molecule has 0 aliphatic rings. The average Bonchev–Trinajstić information content (AvgIpc) is 2.40. The van der Waals surface area contributed by atoms with Crippen molar-refractivity contribution in [1.29, 1.82) is 0 Å². The topological polar surface area (TPSA) is 38.9 Å². The van der Waals surface area contributed by atoms with Crippen LogP contribution in [0.15, 0.2) is 18.3 Å². The van der Waals surface area contributed by atoms with Gasteiger partial charge in [-0.3, -0.25) is 0 Å². The van der Waals surface area contributed by atoms with Crippen LogP contribution in [0.4, 0.5) is 10.1 Å². The molecule has 0 bridgehead atoms. The predicted octanol–water partition coefficient (Wildman–Crippen LogP) is 3.53. The molecule has 18 heavy (non-hydrogen) atoms. The van der Waals surface area contributed by atoms with Crippen LogP contribution in [0, 0.1) is 18.3 Å². The summed E-state index contributed by atoms with van der Waals surface area (Å²) in [6.45, 7) is 5.98. The minimum atomic E-state index is -0.602. The number of rotatable bonds is 1. The van der Waals surface area contributed by atoms with Gasteiger partial charge in [-0.05, 0) is 24.1 Å². The molecule has 0 saturated heterocycles. The van der Waals surface area contributed by atoms with E-state index in [2.05, 4.69) is 10.9 Å². The lowest BCUT2D eigenvalue weighted by molar-refractivity contribution is 0.583. The molecule has 0 saturated carbocycles. The molecule has 94 valence electrons. The fraction of sp³-hybridized carbons (Fsp3) is 0.267. The van der Waals surface area contributed by atoms with Crippen LogP contribution in [-0.2, 0) is 6.42 Å². The van der Waals surface area contributed by atoms with Gasteiger partial charge in [-0.1, -0.05) is 26.7 Å². The first kappa shape index (κ1) is 14.0. The van der Waals surface area contributed by atoms with Crippen molar-refractivity contribution in [2.24, 2.45) is 0 Å². The number of aryl methyl sites for hydroxylation is 1. The second-order valence-electron chi connectivity index (χ2n) is 3.57. The molecule has 3 heteroatoms. The zero-order chi connectivity index (χ0) is 13.7. The van der Waals surface area contributed by atoms with Crippen LogP contribution in [0.5, 0.6) is 0 Å². The number of nitrogens with two attached hydrogens (primary N) is 1. The minimum absolute atomic E-state index is 0.217. The molecule has 0 amide bonds. The lowest BCUT2D eigenvalue weighted by Gasteiger charge is -2.08. The van der Waals surface area contributed by atoms with E-state index in [1.54, 1.807) is 6.07 Å². The molecule has 1 aromatic heterocycles. The van der Waals surface area contributed by atoms with Crippen LogP contribution in [0.1, 0.15) is 31.9 Å². The van der Waals surface area contributed by atoms with Gasteiger partial charge < -0.3 is 5.73 Å². The summed E-state index contributed by atoms with van der Waals surface area (Å²) in [6.07, 6.45) is 7.53. The normalized spacial score (nSPS) is 9.50. The van der Waals surface area contributed by atoms with E-state index in [1.807, 2.05) is 26.8 Å². The van der Waals surface area contributed by atoms with Gasteiger partial charge >= 0.3 is 0 Å². The van der Waals surface area contributed by atoms with E-state index in [1.165, 1.54) is 6.20 Å². The van der Waals surface area contributed by atoms with Crippen molar-refractivity contribution >= 4 is 16.5 Å². The lowest BCUT2D eigenvalue weighted by atomic mass is 9.99. The summed E-state index contributed by atoms with van der Waals surface area (Å²) in [5.74, 6) is 1.75. The molecule has 1 aromatic carbocycles. The molecule has 0 fully saturated rings. The first-order valence-electron chi connectivity index (χ1n) is 6.00. The molecular weight excluding hydrogens is 227 g/mol. The Hall–Kier alpha value is -2.08. The molecule has 0 radical (unpaired) electrons. The van der Waals surface area contributed by atoms with Gasteiger partial charge in [-0.25, -0.2) is 4.98 Å². The highest BCUT2D eigenvalue weighted by Crippen LogP contribution is 2.26. The first-order valence-corrected chi connectivity index (χ1v) is 6.00. The summed E-state index contributed by atoms with van der Waals surface area (Å²) >= 11 is 0. The summed E-state index contributed by atoms with van der Waals surface area (Å²) in [5, 5.41) is 1.53. The molecule has 0 aliphatic carbocycles. The highest BCUT2D eigenvalue weighted by molar-refractivity contribution is 5.92. The Kier molecular flexibility index (Phi) is 4.67. The number of hydrogen-bond acceptors (Lipinski definition) is 2. The van der Waals surface area contributed by atoms with Gasteiger partial charge in [0.25, 0.3) is 0 Å². The van der Waals surface area contributed by atoms with E-state index in [9.17, 15) is 4.39 Å². The second kappa shape index (κ2) is 6.02. The summed E-state index contributed by atoms with van der Waals surface area (Å²) < 4.78 is 13.5. The monoisotopic (exact) mass is 244 g/mol. The number of terminal acetylenes is 1. The van der Waals surface area contributed by atoms with Crippen LogP contribution in [0.3, 0.4) is 0 Å². The van der Waals surface area contributed by atoms with Crippen molar-refractivity contribution in [3.05, 3.63) is 35.4 Å². The van der Waals surface area contributed by atoms with Gasteiger partial charge in [0.05, 0.1) is 5.56 Å². The Morgan fingerprint density at radius 1 is 1.39 bits per heavy atom. The van der Waals surface area contributed by atoms with Gasteiger partial charge in [0.1, 0.15) is 0 Å². The van der Waals surface area contributed by atoms with Crippen molar-refractivity contribution in [3.63, 3.8) is 0 Å². The number of aromatic nitrogens is 1. The summed E-state index contributed by atoms with van der Waals surface area (Å²) in [7, 11) is 0. The molecule has 0 aliphatic heterocycles. The second-order valence-corrected chi connectivity index (χ2v) is 3.57. The Bertz CT molecular complexity index is 597. The highest BCUT2D eigenvalue weighted by atomic mass is 19.1. The van der Waals surface area contributed by atoms with E-state index >= 15 is 0 Å². The number of fused-ring (bicyclic) bond motifs is 1. The molecule has 2 aromatic rings. The molecule has 0 spiro atoms. The molecule has 0 atom stereocenters. The standard InChI is InChI=1S/C13H11FN2.C2H6/c1-3-8-5-10(15)6-9-7-16-13(14)11(4-2)12(8)9;1-2/h2,5-7H,3,15H2,1H3;1-2H3. The number of benzene rings is 1. The van der Waals surface area contributed by atoms with Crippen LogP contribution in [0.2, 0.25) is 0 Å². The third-order valence-corrected chi connectivity index (χ3v) is 2.57. The third kappa shape index (κ3) is 2.43. The van der Waals surface area contributed by atoms with E-state index in [-0.39, 0.29) is 5.56 Å². The third-order valence-electron chi connectivity index (χ3n) is 2.57. The summed E-state index contributed by atoms with van der Waals surface area (Å²) in [4.78, 5) is 3.63. The first-order chi connectivity index (χ1) is 8.67. The molecule has 2 nitrogen and oxygen atoms in total. The SMILES string of the molecule is C#Cc1c(F)ncc2cc(N)cc(CC)c12.CC. The van der Waals surface area contributed by atoms with E-state index < -0.39 is 5.95 Å². The van der Waals surface area contributed by atoms with Crippen molar-refractivity contribution in [2.45, 2.75) is 27.2 Å². The smallest absolute Gasteiger partial charge is 0.229 e. The number of anilines is 1. The van der Waals surface area contributed by atoms with E-state index in [4.69, 9.17) is 12.2 Å². The highest BCUT2D eigenvalue weighted by Gasteiger charge is 2.10. The Morgan fingerprint density at radius 2 is 2.06 bits per heavy atom. The van der Waals surface area contributed by atoms with Gasteiger partial charge in [0.15, 0.2) is 0 Å². The Morgan fingerprint density at radius 3 is 2.61 bits per heavy atom. The van der Waals surface area contributed by atoms with Crippen LogP contribution >= 0.6 is 0 Å². The number of pyridine rings is 1. The van der Waals surface area contributed by atoms with Crippen LogP contribution < -0.4 is 5.73 Å². The minimum Gasteiger partial charge on any atom is -0.399 e. The number of nitrogen functional groups attached to an aromatic ring is 1. The lowest BCUT2D eigenvalue weighted by Crippen LogP contribution is -1.97. The van der Waals surface area contributed by atoms with Crippen molar-refractivity contribution < 1.29 is 4.39 Å². The largest absolute Gasteiger partial charge is 0.399 e. The zero-order valence-corrected chi connectivity index (χ0v) is 10.9. The molecule has 2 rings (SSSR count). The molecular formula is C15H17FN2. The van der Waals surface area contributed by atoms with Gasteiger partial charge in [0, 0.05) is 22.7 Å². The van der Waals surface area contributed by atoms with Crippen LogP contribution in [0.25, 0.3) is 10.8 Å². The maximum absolute atomic E-state index is 13.5. The summed E-state index contributed by atoms with van der Waals surface area (Å²) in [5.41, 5.74) is 7.56. The fourth-order valence-corrected chi connectivity index (χ4v) is 1.86. The number of hydrogen-bond donors (Lipinski definition) is 1. The molecule has 0 unspecified atom stereocenters. The number of nitrogens with zero attached hydrogens (tertiary/aromatic N) is 1.